The molecule has 1 saturated heterocycles. The van der Waals surface area contributed by atoms with Gasteiger partial charge in [-0.3, -0.25) is 4.79 Å². The van der Waals surface area contributed by atoms with E-state index >= 15 is 0 Å². The molecule has 0 aromatic carbocycles. The smallest absolute Gasteiger partial charge is 0.221 e. The lowest BCUT2D eigenvalue weighted by Gasteiger charge is -2.21. The monoisotopic (exact) mass is 202 g/mol. The molecule has 1 aliphatic rings. The first-order chi connectivity index (χ1) is 6.33. The van der Waals surface area contributed by atoms with Crippen LogP contribution in [0, 0.1) is 0 Å². The lowest BCUT2D eigenvalue weighted by atomic mass is 10.2. The summed E-state index contributed by atoms with van der Waals surface area (Å²) in [6.45, 7) is 1.27. The molecule has 1 unspecified atom stereocenters. The van der Waals surface area contributed by atoms with Gasteiger partial charge in [0.1, 0.15) is 0 Å². The predicted molar refractivity (Wildman–Crippen MR) is 56.8 cm³/mol. The number of hydrogen-bond donors (Lipinski definition) is 2. The highest BCUT2D eigenvalue weighted by Crippen LogP contribution is 2.24. The van der Waals surface area contributed by atoms with Crippen molar-refractivity contribution in [2.75, 3.05) is 18.8 Å². The number of nitrogens with one attached hydrogen (secondary N) is 1. The molecule has 0 aromatic heterocycles. The van der Waals surface area contributed by atoms with Crippen molar-refractivity contribution in [2.24, 2.45) is 5.73 Å². The summed E-state index contributed by atoms with van der Waals surface area (Å²) in [5.74, 6) is 1.34. The van der Waals surface area contributed by atoms with Crippen LogP contribution in [0.3, 0.4) is 0 Å². The Bertz CT molecular complexity index is 158. The summed E-state index contributed by atoms with van der Waals surface area (Å²) in [6, 6.07) is 0. The second-order valence-electron chi connectivity index (χ2n) is 3.33. The standard InChI is InChI=1S/C9H18N2OS/c10-5-4-9(12)11-7-8-3-1-2-6-13-8/h8H,1-7,10H2,(H,11,12). The number of thioether (sulfide) groups is 1. The van der Waals surface area contributed by atoms with E-state index in [0.717, 1.165) is 6.54 Å². The molecule has 76 valence electrons. The fourth-order valence-electron chi connectivity index (χ4n) is 1.42. The Morgan fingerprint density at radius 2 is 2.38 bits per heavy atom. The number of amides is 1. The topological polar surface area (TPSA) is 55.1 Å². The van der Waals surface area contributed by atoms with E-state index in [4.69, 9.17) is 5.73 Å². The lowest BCUT2D eigenvalue weighted by molar-refractivity contribution is -0.120. The highest BCUT2D eigenvalue weighted by atomic mass is 32.2. The van der Waals surface area contributed by atoms with Crippen LogP contribution in [0.25, 0.3) is 0 Å². The summed E-state index contributed by atoms with van der Waals surface area (Å²) >= 11 is 1.98. The van der Waals surface area contributed by atoms with Gasteiger partial charge in [0.25, 0.3) is 0 Å². The summed E-state index contributed by atoms with van der Waals surface area (Å²) in [5, 5.41) is 3.55. The molecule has 4 heteroatoms. The summed E-state index contributed by atoms with van der Waals surface area (Å²) < 4.78 is 0. The Balaban J connectivity index is 2.06. The highest BCUT2D eigenvalue weighted by Gasteiger charge is 2.14. The van der Waals surface area contributed by atoms with Crippen LogP contribution in [0.5, 0.6) is 0 Å². The molecular formula is C9H18N2OS. The Morgan fingerprint density at radius 1 is 1.54 bits per heavy atom. The normalized spacial score (nSPS) is 22.7. The molecule has 3 N–H and O–H groups in total. The van der Waals surface area contributed by atoms with Crippen LogP contribution in [0.15, 0.2) is 0 Å². The van der Waals surface area contributed by atoms with Gasteiger partial charge in [0.15, 0.2) is 0 Å². The molecule has 1 fully saturated rings. The van der Waals surface area contributed by atoms with E-state index in [0.29, 0.717) is 18.2 Å². The van der Waals surface area contributed by atoms with Crippen molar-refractivity contribution in [3.63, 3.8) is 0 Å². The zero-order valence-electron chi connectivity index (χ0n) is 7.92. The van der Waals surface area contributed by atoms with Crippen molar-refractivity contribution in [3.05, 3.63) is 0 Å². The second-order valence-corrected chi connectivity index (χ2v) is 4.74. The molecule has 1 rings (SSSR count). The van der Waals surface area contributed by atoms with Crippen molar-refractivity contribution in [3.8, 4) is 0 Å². The molecule has 0 spiro atoms. The largest absolute Gasteiger partial charge is 0.355 e. The van der Waals surface area contributed by atoms with Gasteiger partial charge >= 0.3 is 0 Å². The van der Waals surface area contributed by atoms with E-state index in [1.54, 1.807) is 0 Å². The number of hydrogen-bond acceptors (Lipinski definition) is 3. The molecule has 1 aliphatic heterocycles. The molecule has 1 amide bonds. The maximum absolute atomic E-state index is 11.1. The van der Waals surface area contributed by atoms with Crippen LogP contribution >= 0.6 is 11.8 Å². The molecule has 0 radical (unpaired) electrons. The van der Waals surface area contributed by atoms with Gasteiger partial charge in [-0.1, -0.05) is 6.42 Å². The van der Waals surface area contributed by atoms with Crippen molar-refractivity contribution in [2.45, 2.75) is 30.9 Å². The van der Waals surface area contributed by atoms with Crippen LogP contribution in [0.1, 0.15) is 25.7 Å². The molecule has 0 bridgehead atoms. The predicted octanol–water partition coefficient (Wildman–Crippen LogP) is 0.737. The zero-order valence-corrected chi connectivity index (χ0v) is 8.74. The van der Waals surface area contributed by atoms with Crippen molar-refractivity contribution >= 4 is 17.7 Å². The van der Waals surface area contributed by atoms with E-state index in [-0.39, 0.29) is 5.91 Å². The van der Waals surface area contributed by atoms with Crippen LogP contribution in [0.4, 0.5) is 0 Å². The maximum Gasteiger partial charge on any atom is 0.221 e. The molecular weight excluding hydrogens is 184 g/mol. The number of nitrogens with two attached hydrogens (primary N) is 1. The Morgan fingerprint density at radius 3 is 3.00 bits per heavy atom. The van der Waals surface area contributed by atoms with Crippen molar-refractivity contribution < 1.29 is 4.79 Å². The van der Waals surface area contributed by atoms with Gasteiger partial charge in [0.05, 0.1) is 0 Å². The number of carbonyl (C=O) groups is 1. The van der Waals surface area contributed by atoms with Gasteiger partial charge in [-0.05, 0) is 18.6 Å². The summed E-state index contributed by atoms with van der Waals surface area (Å²) in [5.41, 5.74) is 5.27. The third-order valence-electron chi connectivity index (χ3n) is 2.17. The Kier molecular flexibility index (Phi) is 5.23. The first-order valence-corrected chi connectivity index (χ1v) is 5.96. The average molecular weight is 202 g/mol. The van der Waals surface area contributed by atoms with E-state index < -0.39 is 0 Å². The molecule has 0 saturated carbocycles. The summed E-state index contributed by atoms with van der Waals surface area (Å²) in [6.07, 6.45) is 4.34. The summed E-state index contributed by atoms with van der Waals surface area (Å²) in [4.78, 5) is 11.1. The summed E-state index contributed by atoms with van der Waals surface area (Å²) in [7, 11) is 0. The Hall–Kier alpha value is -0.220. The van der Waals surface area contributed by atoms with Crippen molar-refractivity contribution in [1.29, 1.82) is 0 Å². The highest BCUT2D eigenvalue weighted by molar-refractivity contribution is 7.99. The zero-order chi connectivity index (χ0) is 9.52. The first-order valence-electron chi connectivity index (χ1n) is 4.91. The average Bonchev–Trinajstić information content (AvgIpc) is 2.17. The van der Waals surface area contributed by atoms with Crippen molar-refractivity contribution in [1.82, 2.24) is 5.32 Å². The van der Waals surface area contributed by atoms with Crippen LogP contribution in [-0.4, -0.2) is 30.0 Å². The fourth-order valence-corrected chi connectivity index (χ4v) is 2.65. The first kappa shape index (κ1) is 10.9. The molecule has 3 nitrogen and oxygen atoms in total. The van der Waals surface area contributed by atoms with E-state index in [9.17, 15) is 4.79 Å². The SMILES string of the molecule is NCCC(=O)NCC1CCCCS1. The van der Waals surface area contributed by atoms with Gasteiger partial charge in [-0.2, -0.15) is 11.8 Å². The van der Waals surface area contributed by atoms with Crippen LogP contribution in [0.2, 0.25) is 0 Å². The Labute approximate surface area is 83.8 Å². The van der Waals surface area contributed by atoms with E-state index in [1.807, 2.05) is 11.8 Å². The number of rotatable bonds is 4. The van der Waals surface area contributed by atoms with Gasteiger partial charge < -0.3 is 11.1 Å². The molecule has 13 heavy (non-hydrogen) atoms. The minimum atomic E-state index is 0.0914. The second kappa shape index (κ2) is 6.27. The van der Waals surface area contributed by atoms with E-state index in [2.05, 4.69) is 5.32 Å². The molecule has 0 aromatic rings. The lowest BCUT2D eigenvalue weighted by Crippen LogP contribution is -2.32. The van der Waals surface area contributed by atoms with E-state index in [1.165, 1.54) is 25.0 Å². The molecule has 1 atom stereocenters. The van der Waals surface area contributed by atoms with Crippen LogP contribution < -0.4 is 11.1 Å². The van der Waals surface area contributed by atoms with Gasteiger partial charge in [-0.15, -0.1) is 0 Å². The minimum absolute atomic E-state index is 0.0914. The minimum Gasteiger partial charge on any atom is -0.355 e. The van der Waals surface area contributed by atoms with Gasteiger partial charge in [0, 0.05) is 24.8 Å². The fraction of sp³-hybridized carbons (Fsp3) is 0.889. The van der Waals surface area contributed by atoms with Gasteiger partial charge in [-0.25, -0.2) is 0 Å². The molecule has 0 aliphatic carbocycles. The quantitative estimate of drug-likeness (QED) is 0.707. The van der Waals surface area contributed by atoms with Crippen LogP contribution in [-0.2, 0) is 4.79 Å². The third-order valence-corrected chi connectivity index (χ3v) is 3.57. The van der Waals surface area contributed by atoms with Gasteiger partial charge in [0.2, 0.25) is 5.91 Å². The number of carbonyl (C=O) groups excluding carboxylic acids is 1. The third kappa shape index (κ3) is 4.52. The maximum atomic E-state index is 11.1. The molecule has 1 heterocycles.